The van der Waals surface area contributed by atoms with E-state index in [1.165, 1.54) is 0 Å². The maximum absolute atomic E-state index is 4.21. The van der Waals surface area contributed by atoms with Crippen molar-refractivity contribution in [3.05, 3.63) is 12.2 Å². The van der Waals surface area contributed by atoms with Gasteiger partial charge in [0, 0.05) is 19.0 Å². The first kappa shape index (κ1) is 11.7. The van der Waals surface area contributed by atoms with Gasteiger partial charge in [-0.3, -0.25) is 0 Å². The summed E-state index contributed by atoms with van der Waals surface area (Å²) in [5.74, 6) is 6.86. The van der Waals surface area contributed by atoms with Crippen LogP contribution in [-0.4, -0.2) is 21.3 Å². The van der Waals surface area contributed by atoms with E-state index in [0.29, 0.717) is 6.04 Å². The molecule has 0 aliphatic rings. The van der Waals surface area contributed by atoms with Gasteiger partial charge in [-0.05, 0) is 20.8 Å². The van der Waals surface area contributed by atoms with Crippen molar-refractivity contribution in [2.75, 3.05) is 6.54 Å². The summed E-state index contributed by atoms with van der Waals surface area (Å²) >= 11 is 0. The van der Waals surface area contributed by atoms with Gasteiger partial charge in [0.05, 0.1) is 6.54 Å². The Labute approximate surface area is 91.1 Å². The Balaban J connectivity index is 2.36. The van der Waals surface area contributed by atoms with Gasteiger partial charge in [0.1, 0.15) is 12.2 Å². The van der Waals surface area contributed by atoms with Gasteiger partial charge in [0.15, 0.2) is 0 Å². The molecule has 0 aliphatic carbocycles. The van der Waals surface area contributed by atoms with Crippen molar-refractivity contribution in [3.8, 4) is 11.8 Å². The monoisotopic (exact) mass is 206 g/mol. The molecule has 0 amide bonds. The quantitative estimate of drug-likeness (QED) is 0.584. The van der Waals surface area contributed by atoms with Crippen LogP contribution in [0.5, 0.6) is 0 Å². The van der Waals surface area contributed by atoms with E-state index in [9.17, 15) is 0 Å². The first-order valence-corrected chi connectivity index (χ1v) is 5.24. The molecule has 0 aromatic carbocycles. The molecule has 0 bridgehead atoms. The van der Waals surface area contributed by atoms with Crippen LogP contribution in [0.15, 0.2) is 6.33 Å². The van der Waals surface area contributed by atoms with E-state index < -0.39 is 0 Å². The first-order chi connectivity index (χ1) is 7.25. The van der Waals surface area contributed by atoms with Gasteiger partial charge in [-0.15, -0.1) is 11.8 Å². The summed E-state index contributed by atoms with van der Waals surface area (Å²) in [4.78, 5) is 4.21. The predicted molar refractivity (Wildman–Crippen MR) is 60.2 cm³/mol. The Kier molecular flexibility index (Phi) is 4.85. The molecule has 0 atom stereocenters. The largest absolute Gasteiger partial charge is 0.309 e. The van der Waals surface area contributed by atoms with Crippen molar-refractivity contribution in [1.29, 1.82) is 0 Å². The highest BCUT2D eigenvalue weighted by Gasteiger charge is 2.05. The van der Waals surface area contributed by atoms with Crippen molar-refractivity contribution in [2.24, 2.45) is 0 Å². The fraction of sp³-hybridized carbons (Fsp3) is 0.636. The van der Waals surface area contributed by atoms with E-state index in [-0.39, 0.29) is 0 Å². The normalized spacial score (nSPS) is 10.1. The minimum Gasteiger partial charge on any atom is -0.309 e. The molecule has 4 heteroatoms. The second-order valence-electron chi connectivity index (χ2n) is 3.57. The zero-order valence-corrected chi connectivity index (χ0v) is 9.62. The fourth-order valence-electron chi connectivity index (χ4n) is 1.31. The van der Waals surface area contributed by atoms with E-state index in [2.05, 4.69) is 41.1 Å². The van der Waals surface area contributed by atoms with E-state index in [1.54, 1.807) is 6.33 Å². The van der Waals surface area contributed by atoms with Gasteiger partial charge in [-0.25, -0.2) is 9.67 Å². The molecule has 0 fully saturated rings. The van der Waals surface area contributed by atoms with Crippen molar-refractivity contribution in [1.82, 2.24) is 20.1 Å². The second kappa shape index (κ2) is 6.20. The van der Waals surface area contributed by atoms with Crippen LogP contribution in [-0.2, 0) is 6.54 Å². The number of rotatable bonds is 5. The third-order valence-corrected chi connectivity index (χ3v) is 2.02. The molecular weight excluding hydrogens is 188 g/mol. The van der Waals surface area contributed by atoms with Gasteiger partial charge < -0.3 is 5.32 Å². The SMILES string of the molecule is CC#CCCNCc1ncnn1C(C)C. The molecule has 82 valence electrons. The lowest BCUT2D eigenvalue weighted by atomic mass is 10.4. The molecule has 1 aromatic heterocycles. The summed E-state index contributed by atoms with van der Waals surface area (Å²) in [5.41, 5.74) is 0. The molecule has 4 nitrogen and oxygen atoms in total. The Morgan fingerprint density at radius 3 is 3.00 bits per heavy atom. The molecule has 0 saturated carbocycles. The Bertz CT molecular complexity index is 343. The van der Waals surface area contributed by atoms with Crippen molar-refractivity contribution < 1.29 is 0 Å². The molecule has 0 radical (unpaired) electrons. The van der Waals surface area contributed by atoms with Gasteiger partial charge in [0.2, 0.25) is 0 Å². The van der Waals surface area contributed by atoms with Crippen LogP contribution in [0.1, 0.15) is 39.1 Å². The van der Waals surface area contributed by atoms with Crippen molar-refractivity contribution in [3.63, 3.8) is 0 Å². The number of hydrogen-bond donors (Lipinski definition) is 1. The Morgan fingerprint density at radius 1 is 1.53 bits per heavy atom. The number of nitrogens with zero attached hydrogens (tertiary/aromatic N) is 3. The number of nitrogens with one attached hydrogen (secondary N) is 1. The molecule has 15 heavy (non-hydrogen) atoms. The average Bonchev–Trinajstić information content (AvgIpc) is 2.66. The Morgan fingerprint density at radius 2 is 2.33 bits per heavy atom. The van der Waals surface area contributed by atoms with Crippen LogP contribution in [0.3, 0.4) is 0 Å². The average molecular weight is 206 g/mol. The van der Waals surface area contributed by atoms with Crippen LogP contribution in [0.2, 0.25) is 0 Å². The lowest BCUT2D eigenvalue weighted by Gasteiger charge is -2.09. The van der Waals surface area contributed by atoms with E-state index in [1.807, 2.05) is 11.6 Å². The lowest BCUT2D eigenvalue weighted by Crippen LogP contribution is -2.19. The minimum absolute atomic E-state index is 0.361. The highest BCUT2D eigenvalue weighted by Crippen LogP contribution is 2.04. The summed E-state index contributed by atoms with van der Waals surface area (Å²) in [6.45, 7) is 7.70. The van der Waals surface area contributed by atoms with Gasteiger partial charge in [0.25, 0.3) is 0 Å². The number of aromatic nitrogens is 3. The van der Waals surface area contributed by atoms with Crippen LogP contribution in [0.25, 0.3) is 0 Å². The maximum atomic E-state index is 4.21. The molecule has 0 saturated heterocycles. The van der Waals surface area contributed by atoms with Gasteiger partial charge in [-0.1, -0.05) is 0 Å². The smallest absolute Gasteiger partial charge is 0.141 e. The molecule has 0 spiro atoms. The van der Waals surface area contributed by atoms with E-state index in [4.69, 9.17) is 0 Å². The predicted octanol–water partition coefficient (Wildman–Crippen LogP) is 1.36. The summed E-state index contributed by atoms with van der Waals surface area (Å²) in [5, 5.41) is 7.46. The van der Waals surface area contributed by atoms with Crippen molar-refractivity contribution >= 4 is 0 Å². The van der Waals surface area contributed by atoms with Crippen LogP contribution >= 0.6 is 0 Å². The summed E-state index contributed by atoms with van der Waals surface area (Å²) < 4.78 is 1.93. The molecule has 0 aliphatic heterocycles. The maximum Gasteiger partial charge on any atom is 0.141 e. The molecule has 1 N–H and O–H groups in total. The Hall–Kier alpha value is -1.34. The lowest BCUT2D eigenvalue weighted by molar-refractivity contribution is 0.491. The third-order valence-electron chi connectivity index (χ3n) is 2.02. The van der Waals surface area contributed by atoms with Crippen LogP contribution < -0.4 is 5.32 Å². The fourth-order valence-corrected chi connectivity index (χ4v) is 1.31. The first-order valence-electron chi connectivity index (χ1n) is 5.24. The minimum atomic E-state index is 0.361. The summed E-state index contributed by atoms with van der Waals surface area (Å²) in [6.07, 6.45) is 2.48. The van der Waals surface area contributed by atoms with Gasteiger partial charge in [-0.2, -0.15) is 5.10 Å². The zero-order chi connectivity index (χ0) is 11.1. The highest BCUT2D eigenvalue weighted by molar-refractivity contribution is 4.95. The molecule has 1 aromatic rings. The molecule has 1 rings (SSSR count). The van der Waals surface area contributed by atoms with Crippen LogP contribution in [0.4, 0.5) is 0 Å². The molecule has 1 heterocycles. The standard InChI is InChI=1S/C11H18N4/c1-4-5-6-7-12-8-11-13-9-14-15(11)10(2)3/h9-10,12H,6-8H2,1-3H3. The second-order valence-corrected chi connectivity index (χ2v) is 3.57. The third kappa shape index (κ3) is 3.72. The molecule has 0 unspecified atom stereocenters. The van der Waals surface area contributed by atoms with Crippen molar-refractivity contribution in [2.45, 2.75) is 39.8 Å². The summed E-state index contributed by atoms with van der Waals surface area (Å²) in [6, 6.07) is 0.361. The van der Waals surface area contributed by atoms with E-state index in [0.717, 1.165) is 25.3 Å². The topological polar surface area (TPSA) is 42.7 Å². The zero-order valence-electron chi connectivity index (χ0n) is 9.62. The number of hydrogen-bond acceptors (Lipinski definition) is 3. The van der Waals surface area contributed by atoms with Crippen LogP contribution in [0, 0.1) is 11.8 Å². The highest BCUT2D eigenvalue weighted by atomic mass is 15.3. The van der Waals surface area contributed by atoms with E-state index >= 15 is 0 Å². The summed E-state index contributed by atoms with van der Waals surface area (Å²) in [7, 11) is 0. The molecular formula is C11H18N4. The van der Waals surface area contributed by atoms with Gasteiger partial charge >= 0.3 is 0 Å².